The maximum atomic E-state index is 14.2. The molecule has 2 N–H and O–H groups in total. The highest BCUT2D eigenvalue weighted by Gasteiger charge is 2.54. The standard InChI is InChI=1S/C22H24F2N2O2/c1-22(18-9-6-16(23)10-19(18)24)11-20(22)25-21(28)26(12-14-2-3-14)13-15-4-7-17(27)8-5-15/h4-10,14,20,27H,2-3,11-13H2,1H3,(H,25,28). The van der Waals surface area contributed by atoms with Crippen molar-refractivity contribution >= 4 is 6.03 Å². The van der Waals surface area contributed by atoms with Crippen molar-refractivity contribution in [2.45, 2.75) is 44.2 Å². The number of hydrogen-bond donors (Lipinski definition) is 2. The molecule has 2 unspecified atom stereocenters. The molecule has 0 aromatic heterocycles. The summed E-state index contributed by atoms with van der Waals surface area (Å²) in [5, 5.41) is 12.5. The lowest BCUT2D eigenvalue weighted by atomic mass is 9.97. The Morgan fingerprint density at radius 3 is 2.57 bits per heavy atom. The molecule has 0 bridgehead atoms. The third kappa shape index (κ3) is 3.96. The maximum Gasteiger partial charge on any atom is 0.317 e. The summed E-state index contributed by atoms with van der Waals surface area (Å²) in [4.78, 5) is 14.7. The molecule has 2 aromatic carbocycles. The van der Waals surface area contributed by atoms with Gasteiger partial charge in [-0.05, 0) is 54.5 Å². The Kier molecular flexibility index (Phi) is 4.73. The van der Waals surface area contributed by atoms with Crippen molar-refractivity contribution in [1.82, 2.24) is 10.2 Å². The first-order valence-corrected chi connectivity index (χ1v) is 9.64. The summed E-state index contributed by atoms with van der Waals surface area (Å²) in [5.41, 5.74) is 0.861. The number of halogens is 2. The number of hydrogen-bond acceptors (Lipinski definition) is 2. The van der Waals surface area contributed by atoms with Gasteiger partial charge in [0.05, 0.1) is 0 Å². The lowest BCUT2D eigenvalue weighted by Gasteiger charge is -2.24. The number of rotatable bonds is 6. The summed E-state index contributed by atoms with van der Waals surface area (Å²) in [7, 11) is 0. The van der Waals surface area contributed by atoms with Crippen molar-refractivity contribution in [2.24, 2.45) is 5.92 Å². The minimum absolute atomic E-state index is 0.170. The van der Waals surface area contributed by atoms with Crippen molar-refractivity contribution in [2.75, 3.05) is 6.54 Å². The smallest absolute Gasteiger partial charge is 0.317 e. The van der Waals surface area contributed by atoms with Crippen LogP contribution in [0.2, 0.25) is 0 Å². The molecule has 2 amide bonds. The van der Waals surface area contributed by atoms with Crippen molar-refractivity contribution in [1.29, 1.82) is 0 Å². The van der Waals surface area contributed by atoms with Crippen LogP contribution in [0, 0.1) is 17.6 Å². The Hall–Kier alpha value is -2.63. The molecule has 2 aliphatic rings. The molecule has 2 atom stereocenters. The fourth-order valence-corrected chi connectivity index (χ4v) is 3.72. The molecular formula is C22H24F2N2O2. The largest absolute Gasteiger partial charge is 0.508 e. The number of carbonyl (C=O) groups excluding carboxylic acids is 1. The summed E-state index contributed by atoms with van der Waals surface area (Å²) < 4.78 is 27.4. The predicted octanol–water partition coefficient (Wildman–Crippen LogP) is 4.32. The molecule has 2 aromatic rings. The van der Waals surface area contributed by atoms with Gasteiger partial charge < -0.3 is 15.3 Å². The van der Waals surface area contributed by atoms with Crippen molar-refractivity contribution < 1.29 is 18.7 Å². The molecule has 6 heteroatoms. The molecule has 2 fully saturated rings. The van der Waals surface area contributed by atoms with Crippen LogP contribution in [0.4, 0.5) is 13.6 Å². The van der Waals surface area contributed by atoms with Crippen LogP contribution in [0.5, 0.6) is 5.75 Å². The van der Waals surface area contributed by atoms with Crippen molar-refractivity contribution in [3.8, 4) is 5.75 Å². The number of carbonyl (C=O) groups is 1. The molecule has 4 rings (SSSR count). The van der Waals surface area contributed by atoms with Gasteiger partial charge in [0.25, 0.3) is 0 Å². The van der Waals surface area contributed by atoms with E-state index in [0.717, 1.165) is 24.5 Å². The third-order valence-electron chi connectivity index (χ3n) is 5.85. The van der Waals surface area contributed by atoms with E-state index in [1.165, 1.54) is 12.1 Å². The third-order valence-corrected chi connectivity index (χ3v) is 5.85. The van der Waals surface area contributed by atoms with Crippen LogP contribution in [-0.4, -0.2) is 28.6 Å². The van der Waals surface area contributed by atoms with Crippen LogP contribution in [-0.2, 0) is 12.0 Å². The number of amides is 2. The lowest BCUT2D eigenvalue weighted by molar-refractivity contribution is 0.191. The van der Waals surface area contributed by atoms with E-state index in [4.69, 9.17) is 0 Å². The fourth-order valence-electron chi connectivity index (χ4n) is 3.72. The van der Waals surface area contributed by atoms with E-state index >= 15 is 0 Å². The second kappa shape index (κ2) is 7.08. The zero-order valence-electron chi connectivity index (χ0n) is 15.8. The number of aromatic hydroxyl groups is 1. The van der Waals surface area contributed by atoms with Gasteiger partial charge in [-0.3, -0.25) is 0 Å². The molecule has 2 saturated carbocycles. The number of urea groups is 1. The molecule has 2 aliphatic carbocycles. The first-order valence-electron chi connectivity index (χ1n) is 9.64. The van der Waals surface area contributed by atoms with Crippen LogP contribution in [0.25, 0.3) is 0 Å². The number of nitrogens with one attached hydrogen (secondary N) is 1. The number of phenols is 1. The van der Waals surface area contributed by atoms with Crippen LogP contribution < -0.4 is 5.32 Å². The van der Waals surface area contributed by atoms with Gasteiger partial charge in [-0.15, -0.1) is 0 Å². The summed E-state index contributed by atoms with van der Waals surface area (Å²) in [6.07, 6.45) is 2.88. The first-order chi connectivity index (χ1) is 13.3. The fraction of sp³-hybridized carbons (Fsp3) is 0.409. The second-order valence-electron chi connectivity index (χ2n) is 8.24. The molecule has 148 valence electrons. The van der Waals surface area contributed by atoms with E-state index in [0.29, 0.717) is 31.0 Å². The highest BCUT2D eigenvalue weighted by atomic mass is 19.1. The minimum Gasteiger partial charge on any atom is -0.508 e. The lowest BCUT2D eigenvalue weighted by Crippen LogP contribution is -2.43. The second-order valence-corrected chi connectivity index (χ2v) is 8.24. The molecule has 0 aliphatic heterocycles. The highest BCUT2D eigenvalue weighted by Crippen LogP contribution is 2.49. The van der Waals surface area contributed by atoms with Gasteiger partial charge in [0.2, 0.25) is 0 Å². The molecule has 0 spiro atoms. The van der Waals surface area contributed by atoms with Crippen LogP contribution in [0.1, 0.15) is 37.3 Å². The SMILES string of the molecule is CC1(c2ccc(F)cc2F)CC1NC(=O)N(Cc1ccc(O)cc1)CC1CC1. The Bertz CT molecular complexity index is 883. The summed E-state index contributed by atoms with van der Waals surface area (Å²) in [6.45, 7) is 3.03. The Labute approximate surface area is 163 Å². The number of phenolic OH excluding ortho intramolecular Hbond substituents is 1. The van der Waals surface area contributed by atoms with Gasteiger partial charge in [-0.1, -0.05) is 25.1 Å². The topological polar surface area (TPSA) is 52.6 Å². The Morgan fingerprint density at radius 1 is 1.21 bits per heavy atom. The molecule has 28 heavy (non-hydrogen) atoms. The van der Waals surface area contributed by atoms with E-state index in [1.807, 2.05) is 6.92 Å². The Morgan fingerprint density at radius 2 is 1.93 bits per heavy atom. The maximum absolute atomic E-state index is 14.2. The van der Waals surface area contributed by atoms with Gasteiger partial charge in [0.1, 0.15) is 17.4 Å². The summed E-state index contributed by atoms with van der Waals surface area (Å²) in [5.74, 6) is -0.450. The van der Waals surface area contributed by atoms with Gasteiger partial charge in [-0.25, -0.2) is 13.6 Å². The van der Waals surface area contributed by atoms with E-state index < -0.39 is 17.0 Å². The monoisotopic (exact) mass is 386 g/mol. The van der Waals surface area contributed by atoms with Crippen LogP contribution >= 0.6 is 0 Å². The number of benzene rings is 2. The molecule has 0 heterocycles. The van der Waals surface area contributed by atoms with E-state index in [-0.39, 0.29) is 17.8 Å². The van der Waals surface area contributed by atoms with Gasteiger partial charge in [0, 0.05) is 30.6 Å². The number of nitrogens with zero attached hydrogens (tertiary/aromatic N) is 1. The van der Waals surface area contributed by atoms with Gasteiger partial charge >= 0.3 is 6.03 Å². The molecule has 0 saturated heterocycles. The molecular weight excluding hydrogens is 362 g/mol. The summed E-state index contributed by atoms with van der Waals surface area (Å²) in [6, 6.07) is 10.1. The first kappa shape index (κ1) is 18.7. The average molecular weight is 386 g/mol. The minimum atomic E-state index is -0.601. The summed E-state index contributed by atoms with van der Waals surface area (Å²) >= 11 is 0. The average Bonchev–Trinajstić information content (AvgIpc) is 3.55. The zero-order chi connectivity index (χ0) is 19.9. The Balaban J connectivity index is 1.43. The van der Waals surface area contributed by atoms with Gasteiger partial charge in [-0.2, -0.15) is 0 Å². The normalized spacial score (nSPS) is 23.3. The van der Waals surface area contributed by atoms with E-state index in [1.54, 1.807) is 29.2 Å². The predicted molar refractivity (Wildman–Crippen MR) is 102 cm³/mol. The molecule has 0 radical (unpaired) electrons. The van der Waals surface area contributed by atoms with Crippen molar-refractivity contribution in [3.05, 3.63) is 65.2 Å². The highest BCUT2D eigenvalue weighted by molar-refractivity contribution is 5.75. The van der Waals surface area contributed by atoms with Crippen molar-refractivity contribution in [3.63, 3.8) is 0 Å². The van der Waals surface area contributed by atoms with Crippen LogP contribution in [0.15, 0.2) is 42.5 Å². The zero-order valence-corrected chi connectivity index (χ0v) is 15.8. The van der Waals surface area contributed by atoms with E-state index in [9.17, 15) is 18.7 Å². The van der Waals surface area contributed by atoms with Crippen LogP contribution in [0.3, 0.4) is 0 Å². The van der Waals surface area contributed by atoms with Gasteiger partial charge in [0.15, 0.2) is 0 Å². The van der Waals surface area contributed by atoms with E-state index in [2.05, 4.69) is 5.32 Å². The molecule has 4 nitrogen and oxygen atoms in total. The quantitative estimate of drug-likeness (QED) is 0.777.